The highest BCUT2D eigenvalue weighted by atomic mass is 79.9. The van der Waals surface area contributed by atoms with Crippen molar-refractivity contribution in [2.75, 3.05) is 25.7 Å². The number of nitrogens with one attached hydrogen (secondary N) is 1. The van der Waals surface area contributed by atoms with Gasteiger partial charge < -0.3 is 14.8 Å². The van der Waals surface area contributed by atoms with Crippen LogP contribution in [0.5, 0.6) is 5.75 Å². The lowest BCUT2D eigenvalue weighted by atomic mass is 10.1. The van der Waals surface area contributed by atoms with E-state index in [-0.39, 0.29) is 11.9 Å². The molecule has 0 heterocycles. The van der Waals surface area contributed by atoms with Gasteiger partial charge in [-0.2, -0.15) is 0 Å². The van der Waals surface area contributed by atoms with Gasteiger partial charge in [-0.25, -0.2) is 0 Å². The van der Waals surface area contributed by atoms with Gasteiger partial charge in [-0.1, -0.05) is 28.1 Å². The number of methoxy groups -OCH3 is 1. The van der Waals surface area contributed by atoms with Gasteiger partial charge in [-0.05, 0) is 19.1 Å². The summed E-state index contributed by atoms with van der Waals surface area (Å²) in [4.78, 5) is 12.1. The van der Waals surface area contributed by atoms with E-state index < -0.39 is 0 Å². The summed E-state index contributed by atoms with van der Waals surface area (Å²) in [6.45, 7) is 2.89. The number of halogens is 1. The zero-order valence-electron chi connectivity index (χ0n) is 10.6. The number of hydrogen-bond donors (Lipinski definition) is 1. The summed E-state index contributed by atoms with van der Waals surface area (Å²) in [5.74, 6) is 0.448. The van der Waals surface area contributed by atoms with Crippen LogP contribution in [0.25, 0.3) is 0 Å². The highest BCUT2D eigenvalue weighted by Crippen LogP contribution is 2.17. The maximum Gasteiger partial charge on any atom is 0.255 e. The lowest BCUT2D eigenvalue weighted by molar-refractivity contribution is 0.0904. The Morgan fingerprint density at radius 1 is 1.44 bits per heavy atom. The largest absolute Gasteiger partial charge is 0.493 e. The Bertz CT molecular complexity index is 384. The number of amides is 1. The van der Waals surface area contributed by atoms with E-state index in [1.54, 1.807) is 19.2 Å². The molecule has 0 saturated carbocycles. The molecule has 1 N–H and O–H groups in total. The lowest BCUT2D eigenvalue weighted by Gasteiger charge is -2.16. The van der Waals surface area contributed by atoms with E-state index in [2.05, 4.69) is 21.2 Å². The Morgan fingerprint density at radius 3 is 2.78 bits per heavy atom. The zero-order valence-corrected chi connectivity index (χ0v) is 12.2. The van der Waals surface area contributed by atoms with Crippen molar-refractivity contribution in [1.82, 2.24) is 5.32 Å². The third-order valence-electron chi connectivity index (χ3n) is 2.32. The zero-order chi connectivity index (χ0) is 13.4. The minimum atomic E-state index is -0.152. The van der Waals surface area contributed by atoms with Crippen LogP contribution in [0.4, 0.5) is 0 Å². The van der Waals surface area contributed by atoms with Crippen molar-refractivity contribution in [2.45, 2.75) is 13.0 Å². The second-order valence-corrected chi connectivity index (χ2v) is 4.36. The summed E-state index contributed by atoms with van der Waals surface area (Å²) in [7, 11) is 1.61. The number of carbonyl (C=O) groups is 1. The molecule has 0 aliphatic heterocycles. The van der Waals surface area contributed by atoms with E-state index in [1.165, 1.54) is 0 Å². The number of ether oxygens (including phenoxy) is 2. The average Bonchev–Trinajstić information content (AvgIpc) is 2.39. The molecule has 0 bridgehead atoms. The van der Waals surface area contributed by atoms with Gasteiger partial charge in [0.15, 0.2) is 0 Å². The minimum Gasteiger partial charge on any atom is -0.493 e. The molecule has 1 rings (SSSR count). The third kappa shape index (κ3) is 4.31. The van der Waals surface area contributed by atoms with Crippen molar-refractivity contribution in [1.29, 1.82) is 0 Å². The van der Waals surface area contributed by atoms with Crippen LogP contribution in [-0.2, 0) is 4.74 Å². The Hall–Kier alpha value is -1.07. The lowest BCUT2D eigenvalue weighted by Crippen LogP contribution is -2.39. The van der Waals surface area contributed by atoms with Gasteiger partial charge >= 0.3 is 0 Å². The monoisotopic (exact) mass is 315 g/mol. The first-order valence-corrected chi connectivity index (χ1v) is 6.92. The van der Waals surface area contributed by atoms with Crippen molar-refractivity contribution in [2.24, 2.45) is 0 Å². The third-order valence-corrected chi connectivity index (χ3v) is 3.10. The molecule has 100 valence electrons. The number of alkyl halides is 1. The van der Waals surface area contributed by atoms with Crippen molar-refractivity contribution in [3.05, 3.63) is 29.8 Å². The van der Waals surface area contributed by atoms with E-state index in [0.717, 1.165) is 0 Å². The van der Waals surface area contributed by atoms with Crippen molar-refractivity contribution in [3.8, 4) is 5.75 Å². The van der Waals surface area contributed by atoms with Crippen LogP contribution in [0.1, 0.15) is 17.3 Å². The molecule has 1 aromatic carbocycles. The van der Waals surface area contributed by atoms with Crippen LogP contribution in [-0.4, -0.2) is 37.6 Å². The first-order chi connectivity index (χ1) is 8.72. The quantitative estimate of drug-likeness (QED) is 0.785. The number of benzene rings is 1. The molecule has 0 fully saturated rings. The normalized spacial score (nSPS) is 11.9. The van der Waals surface area contributed by atoms with Gasteiger partial charge in [0.2, 0.25) is 0 Å². The molecule has 1 unspecified atom stereocenters. The van der Waals surface area contributed by atoms with Gasteiger partial charge in [-0.3, -0.25) is 4.79 Å². The molecular weight excluding hydrogens is 298 g/mol. The number of rotatable bonds is 7. The highest BCUT2D eigenvalue weighted by molar-refractivity contribution is 9.09. The van der Waals surface area contributed by atoms with Gasteiger partial charge in [-0.15, -0.1) is 0 Å². The molecule has 0 radical (unpaired) electrons. The van der Waals surface area contributed by atoms with Crippen LogP contribution >= 0.6 is 15.9 Å². The predicted molar refractivity (Wildman–Crippen MR) is 74.5 cm³/mol. The molecule has 1 aromatic rings. The van der Waals surface area contributed by atoms with Crippen LogP contribution in [0.3, 0.4) is 0 Å². The Labute approximate surface area is 116 Å². The van der Waals surface area contributed by atoms with Gasteiger partial charge in [0.1, 0.15) is 5.75 Å². The predicted octanol–water partition coefficient (Wildman–Crippen LogP) is 2.22. The Balaban J connectivity index is 2.76. The highest BCUT2D eigenvalue weighted by Gasteiger charge is 2.15. The average molecular weight is 316 g/mol. The molecule has 1 amide bonds. The molecule has 0 aliphatic rings. The van der Waals surface area contributed by atoms with E-state index in [1.807, 2.05) is 19.1 Å². The first kappa shape index (κ1) is 15.0. The second kappa shape index (κ2) is 8.11. The van der Waals surface area contributed by atoms with Gasteiger partial charge in [0, 0.05) is 12.4 Å². The van der Waals surface area contributed by atoms with E-state index in [0.29, 0.717) is 29.9 Å². The second-order valence-electron chi connectivity index (χ2n) is 3.71. The van der Waals surface area contributed by atoms with E-state index in [9.17, 15) is 4.79 Å². The smallest absolute Gasteiger partial charge is 0.255 e. The Kier molecular flexibility index (Phi) is 6.75. The van der Waals surface area contributed by atoms with E-state index >= 15 is 0 Å². The fraction of sp³-hybridized carbons (Fsp3) is 0.462. The summed E-state index contributed by atoms with van der Waals surface area (Å²) in [6, 6.07) is 7.14. The molecule has 4 nitrogen and oxygen atoms in total. The summed E-state index contributed by atoms with van der Waals surface area (Å²) < 4.78 is 10.5. The molecule has 1 atom stereocenters. The number of carbonyl (C=O) groups excluding carboxylic acids is 1. The molecule has 0 aromatic heterocycles. The van der Waals surface area contributed by atoms with Gasteiger partial charge in [0.25, 0.3) is 5.91 Å². The molecule has 0 aliphatic carbocycles. The number of hydrogen-bond acceptors (Lipinski definition) is 3. The molecule has 0 saturated heterocycles. The van der Waals surface area contributed by atoms with Crippen LogP contribution in [0, 0.1) is 0 Å². The number of para-hydroxylation sites is 1. The first-order valence-electron chi connectivity index (χ1n) is 5.80. The summed E-state index contributed by atoms with van der Waals surface area (Å²) in [5.41, 5.74) is 0.543. The molecule has 5 heteroatoms. The van der Waals surface area contributed by atoms with Crippen LogP contribution in [0.15, 0.2) is 24.3 Å². The fourth-order valence-electron chi connectivity index (χ4n) is 1.52. The van der Waals surface area contributed by atoms with E-state index in [4.69, 9.17) is 9.47 Å². The summed E-state index contributed by atoms with van der Waals surface area (Å²) in [5, 5.41) is 3.53. The minimum absolute atomic E-state index is 0.0582. The molecule has 18 heavy (non-hydrogen) atoms. The molecule has 0 spiro atoms. The maximum absolute atomic E-state index is 12.1. The fourth-order valence-corrected chi connectivity index (χ4v) is 1.87. The standard InChI is InChI=1S/C13H18BrNO3/c1-3-18-12-7-5-4-6-11(12)13(16)15-10(8-14)9-17-2/h4-7,10H,3,8-9H2,1-2H3,(H,15,16). The van der Waals surface area contributed by atoms with Crippen LogP contribution < -0.4 is 10.1 Å². The van der Waals surface area contributed by atoms with Crippen molar-refractivity contribution in [3.63, 3.8) is 0 Å². The van der Waals surface area contributed by atoms with Crippen LogP contribution in [0.2, 0.25) is 0 Å². The van der Waals surface area contributed by atoms with Gasteiger partial charge in [0.05, 0.1) is 24.8 Å². The summed E-state index contributed by atoms with van der Waals surface area (Å²) in [6.07, 6.45) is 0. The van der Waals surface area contributed by atoms with Crippen molar-refractivity contribution < 1.29 is 14.3 Å². The summed E-state index contributed by atoms with van der Waals surface area (Å²) >= 11 is 3.34. The Morgan fingerprint density at radius 2 is 2.17 bits per heavy atom. The van der Waals surface area contributed by atoms with Crippen molar-refractivity contribution >= 4 is 21.8 Å². The SMILES string of the molecule is CCOc1ccccc1C(=O)NC(CBr)COC. The molecular formula is C13H18BrNO3. The maximum atomic E-state index is 12.1. The topological polar surface area (TPSA) is 47.6 Å².